The molecule has 3 heteroatoms. The Hall–Kier alpha value is -2.03. The third-order valence-corrected chi connectivity index (χ3v) is 4.02. The van der Waals surface area contributed by atoms with Crippen LogP contribution in [0.15, 0.2) is 48.5 Å². The maximum Gasteiger partial charge on any atom is 0.146 e. The second-order valence-electron chi connectivity index (χ2n) is 5.33. The molecule has 0 spiro atoms. The molecular weight excluding hydrogens is 251 g/mol. The monoisotopic (exact) mass is 270 g/mol. The number of hydrogen-bond donors (Lipinski definition) is 1. The van der Waals surface area contributed by atoms with E-state index in [1.54, 1.807) is 6.07 Å². The molecule has 2 aromatic rings. The summed E-state index contributed by atoms with van der Waals surface area (Å²) in [4.78, 5) is 2.00. The van der Waals surface area contributed by atoms with Gasteiger partial charge in [-0.1, -0.05) is 30.3 Å². The highest BCUT2D eigenvalue weighted by Crippen LogP contribution is 2.33. The largest absolute Gasteiger partial charge is 0.384 e. The molecule has 0 aromatic heterocycles. The average Bonchev–Trinajstić information content (AvgIpc) is 2.88. The molecule has 0 fully saturated rings. The van der Waals surface area contributed by atoms with E-state index in [4.69, 9.17) is 0 Å². The quantitative estimate of drug-likeness (QED) is 0.907. The smallest absolute Gasteiger partial charge is 0.146 e. The van der Waals surface area contributed by atoms with Crippen molar-refractivity contribution in [3.05, 3.63) is 59.9 Å². The second-order valence-corrected chi connectivity index (χ2v) is 5.33. The first-order valence-corrected chi connectivity index (χ1v) is 7.04. The summed E-state index contributed by atoms with van der Waals surface area (Å²) in [6, 6.07) is 15.4. The molecule has 1 atom stereocenters. The predicted molar refractivity (Wildman–Crippen MR) is 82.0 cm³/mol. The van der Waals surface area contributed by atoms with Gasteiger partial charge >= 0.3 is 0 Å². The molecule has 1 heterocycles. The zero-order valence-electron chi connectivity index (χ0n) is 11.6. The van der Waals surface area contributed by atoms with Gasteiger partial charge in [0, 0.05) is 31.7 Å². The van der Waals surface area contributed by atoms with E-state index in [0.717, 1.165) is 19.5 Å². The van der Waals surface area contributed by atoms with Crippen molar-refractivity contribution >= 4 is 11.4 Å². The van der Waals surface area contributed by atoms with Crippen molar-refractivity contribution in [3.8, 4) is 0 Å². The minimum Gasteiger partial charge on any atom is -0.384 e. The average molecular weight is 270 g/mol. The van der Waals surface area contributed by atoms with Crippen LogP contribution in [-0.2, 0) is 0 Å². The van der Waals surface area contributed by atoms with Gasteiger partial charge in [-0.15, -0.1) is 0 Å². The van der Waals surface area contributed by atoms with Gasteiger partial charge in [-0.2, -0.15) is 0 Å². The molecule has 0 amide bonds. The van der Waals surface area contributed by atoms with E-state index in [2.05, 4.69) is 29.6 Å². The van der Waals surface area contributed by atoms with Gasteiger partial charge in [-0.05, 0) is 30.2 Å². The molecule has 0 saturated carbocycles. The summed E-state index contributed by atoms with van der Waals surface area (Å²) in [6.45, 7) is 1.83. The minimum atomic E-state index is -0.153. The van der Waals surface area contributed by atoms with Crippen LogP contribution in [0, 0.1) is 5.82 Å². The summed E-state index contributed by atoms with van der Waals surface area (Å²) in [5.74, 6) is 0.361. The topological polar surface area (TPSA) is 15.3 Å². The Morgan fingerprint density at radius 1 is 1.15 bits per heavy atom. The summed E-state index contributed by atoms with van der Waals surface area (Å²) in [5.41, 5.74) is 3.30. The van der Waals surface area contributed by atoms with Crippen LogP contribution in [0.25, 0.3) is 0 Å². The highest BCUT2D eigenvalue weighted by atomic mass is 19.1. The van der Waals surface area contributed by atoms with Gasteiger partial charge in [-0.3, -0.25) is 0 Å². The number of para-hydroxylation sites is 2. The lowest BCUT2D eigenvalue weighted by molar-refractivity contribution is 0.612. The Balaban J connectivity index is 1.65. The zero-order chi connectivity index (χ0) is 13.9. The fourth-order valence-corrected chi connectivity index (χ4v) is 2.85. The number of halogens is 1. The van der Waals surface area contributed by atoms with Crippen LogP contribution in [0.5, 0.6) is 0 Å². The standard InChI is InChI=1S/C17H19FN2/c1-20(17-9-5-3-7-15(17)18)11-10-13-12-19-16-8-4-2-6-14(13)16/h2-9,13,19H,10-12H2,1H3. The lowest BCUT2D eigenvalue weighted by atomic mass is 9.98. The molecule has 104 valence electrons. The lowest BCUT2D eigenvalue weighted by Crippen LogP contribution is -2.22. The first-order chi connectivity index (χ1) is 9.75. The first kappa shape index (κ1) is 13.0. The number of hydrogen-bond acceptors (Lipinski definition) is 2. The summed E-state index contributed by atoms with van der Waals surface area (Å²) in [7, 11) is 1.95. The maximum atomic E-state index is 13.7. The lowest BCUT2D eigenvalue weighted by Gasteiger charge is -2.21. The van der Waals surface area contributed by atoms with Gasteiger partial charge in [0.15, 0.2) is 0 Å². The zero-order valence-corrected chi connectivity index (χ0v) is 11.6. The molecule has 1 aliphatic heterocycles. The van der Waals surface area contributed by atoms with Gasteiger partial charge < -0.3 is 10.2 Å². The van der Waals surface area contributed by atoms with E-state index in [-0.39, 0.29) is 5.82 Å². The maximum absolute atomic E-state index is 13.7. The van der Waals surface area contributed by atoms with Crippen LogP contribution in [0.1, 0.15) is 17.9 Å². The molecule has 0 bridgehead atoms. The number of fused-ring (bicyclic) bond motifs is 1. The van der Waals surface area contributed by atoms with E-state index in [1.807, 2.05) is 24.1 Å². The molecule has 1 unspecified atom stereocenters. The third-order valence-electron chi connectivity index (χ3n) is 4.02. The van der Waals surface area contributed by atoms with E-state index < -0.39 is 0 Å². The molecule has 0 radical (unpaired) electrons. The fraction of sp³-hybridized carbons (Fsp3) is 0.294. The summed E-state index contributed by atoms with van der Waals surface area (Å²) >= 11 is 0. The van der Waals surface area contributed by atoms with E-state index in [1.165, 1.54) is 17.3 Å². The summed E-state index contributed by atoms with van der Waals surface area (Å²) in [6.07, 6.45) is 1.02. The van der Waals surface area contributed by atoms with Crippen molar-refractivity contribution in [2.45, 2.75) is 12.3 Å². The van der Waals surface area contributed by atoms with Crippen LogP contribution in [0.4, 0.5) is 15.8 Å². The van der Waals surface area contributed by atoms with Crippen LogP contribution in [-0.4, -0.2) is 20.1 Å². The molecule has 1 N–H and O–H groups in total. The molecular formula is C17H19FN2. The van der Waals surface area contributed by atoms with E-state index in [9.17, 15) is 4.39 Å². The molecule has 20 heavy (non-hydrogen) atoms. The Kier molecular flexibility index (Phi) is 3.59. The fourth-order valence-electron chi connectivity index (χ4n) is 2.85. The first-order valence-electron chi connectivity index (χ1n) is 7.04. The molecule has 2 aromatic carbocycles. The van der Waals surface area contributed by atoms with Crippen molar-refractivity contribution in [1.29, 1.82) is 0 Å². The van der Waals surface area contributed by atoms with Crippen molar-refractivity contribution in [3.63, 3.8) is 0 Å². The highest BCUT2D eigenvalue weighted by molar-refractivity contribution is 5.57. The molecule has 2 nitrogen and oxygen atoms in total. The SMILES string of the molecule is CN(CCC1CNc2ccccc21)c1ccccc1F. The summed E-state index contributed by atoms with van der Waals surface area (Å²) in [5, 5.41) is 3.43. The third kappa shape index (κ3) is 2.48. The minimum absolute atomic E-state index is 0.153. The number of rotatable bonds is 4. The van der Waals surface area contributed by atoms with E-state index >= 15 is 0 Å². The van der Waals surface area contributed by atoms with Crippen LogP contribution >= 0.6 is 0 Å². The van der Waals surface area contributed by atoms with Gasteiger partial charge in [0.1, 0.15) is 5.82 Å². The van der Waals surface area contributed by atoms with Crippen molar-refractivity contribution in [2.75, 3.05) is 30.4 Å². The summed E-state index contributed by atoms with van der Waals surface area (Å²) < 4.78 is 13.7. The van der Waals surface area contributed by atoms with Crippen molar-refractivity contribution < 1.29 is 4.39 Å². The Morgan fingerprint density at radius 2 is 1.90 bits per heavy atom. The number of benzene rings is 2. The Bertz CT molecular complexity index is 597. The van der Waals surface area contributed by atoms with Crippen LogP contribution in [0.3, 0.4) is 0 Å². The Labute approximate surface area is 119 Å². The molecule has 0 aliphatic carbocycles. The molecule has 3 rings (SSSR count). The van der Waals surface area contributed by atoms with Crippen molar-refractivity contribution in [1.82, 2.24) is 0 Å². The predicted octanol–water partition coefficient (Wildman–Crippen LogP) is 3.86. The van der Waals surface area contributed by atoms with Gasteiger partial charge in [0.2, 0.25) is 0 Å². The van der Waals surface area contributed by atoms with Gasteiger partial charge in [0.25, 0.3) is 0 Å². The number of nitrogens with one attached hydrogen (secondary N) is 1. The van der Waals surface area contributed by atoms with E-state index in [0.29, 0.717) is 11.6 Å². The van der Waals surface area contributed by atoms with Crippen LogP contribution in [0.2, 0.25) is 0 Å². The number of nitrogens with zero attached hydrogens (tertiary/aromatic N) is 1. The van der Waals surface area contributed by atoms with Crippen LogP contribution < -0.4 is 10.2 Å². The molecule has 1 aliphatic rings. The van der Waals surface area contributed by atoms with Gasteiger partial charge in [-0.25, -0.2) is 4.39 Å². The number of anilines is 2. The normalized spacial score (nSPS) is 16.6. The molecule has 0 saturated heterocycles. The van der Waals surface area contributed by atoms with Gasteiger partial charge in [0.05, 0.1) is 5.69 Å². The highest BCUT2D eigenvalue weighted by Gasteiger charge is 2.21. The second kappa shape index (κ2) is 5.53. The Morgan fingerprint density at radius 3 is 2.75 bits per heavy atom. The van der Waals surface area contributed by atoms with Crippen molar-refractivity contribution in [2.24, 2.45) is 0 Å².